The Balaban J connectivity index is 1.29. The number of rotatable bonds is 9. The van der Waals surface area contributed by atoms with Crippen molar-refractivity contribution < 1.29 is 32.3 Å². The number of carbonyl (C=O) groups is 1. The molecule has 1 atom stereocenters. The minimum atomic E-state index is -4.42. The monoisotopic (exact) mass is 561 g/mol. The third-order valence-electron chi connectivity index (χ3n) is 7.46. The van der Waals surface area contributed by atoms with Crippen molar-refractivity contribution in [2.75, 3.05) is 6.61 Å². The van der Waals surface area contributed by atoms with Crippen LogP contribution >= 0.6 is 0 Å². The van der Waals surface area contributed by atoms with Crippen LogP contribution in [-0.4, -0.2) is 22.8 Å². The average Bonchev–Trinajstić information content (AvgIpc) is 3.69. The minimum Gasteiger partial charge on any atom is -0.465 e. The number of nitrogens with zero attached hydrogens (tertiary/aromatic N) is 1. The van der Waals surface area contributed by atoms with Gasteiger partial charge in [0.1, 0.15) is 0 Å². The van der Waals surface area contributed by atoms with Gasteiger partial charge in [-0.05, 0) is 67.5 Å². The number of benzene rings is 3. The second-order valence-corrected chi connectivity index (χ2v) is 10.2. The highest BCUT2D eigenvalue weighted by Crippen LogP contribution is 2.49. The third kappa shape index (κ3) is 5.98. The molecule has 4 aromatic rings. The normalized spacial score (nSPS) is 15.2. The molecule has 1 N–H and O–H groups in total. The van der Waals surface area contributed by atoms with Crippen LogP contribution in [-0.2, 0) is 21.1 Å². The summed E-state index contributed by atoms with van der Waals surface area (Å²) in [6.45, 7) is 3.91. The zero-order valence-electron chi connectivity index (χ0n) is 22.7. The molecule has 0 bridgehead atoms. The molecule has 1 unspecified atom stereocenters. The Morgan fingerprint density at radius 2 is 1.68 bits per heavy atom. The van der Waals surface area contributed by atoms with Gasteiger partial charge in [0.2, 0.25) is 0 Å². The number of hydrogen-bond donors (Lipinski definition) is 1. The van der Waals surface area contributed by atoms with E-state index in [2.05, 4.69) is 5.16 Å². The van der Waals surface area contributed by atoms with E-state index in [1.807, 2.05) is 55.5 Å². The van der Waals surface area contributed by atoms with Crippen LogP contribution in [0, 0.1) is 6.92 Å². The molecule has 41 heavy (non-hydrogen) atoms. The van der Waals surface area contributed by atoms with E-state index >= 15 is 0 Å². The Labute approximate surface area is 236 Å². The maximum Gasteiger partial charge on any atom is 0.416 e. The molecule has 1 saturated carbocycles. The lowest BCUT2D eigenvalue weighted by atomic mass is 9.93. The van der Waals surface area contributed by atoms with Gasteiger partial charge < -0.3 is 14.4 Å². The molecule has 0 saturated heterocycles. The number of alkyl halides is 3. The molecule has 0 spiro atoms. The fraction of sp³-hybridized carbons (Fsp3) is 0.273. The summed E-state index contributed by atoms with van der Waals surface area (Å²) in [5, 5.41) is 15.0. The van der Waals surface area contributed by atoms with Crippen LogP contribution < -0.4 is 0 Å². The van der Waals surface area contributed by atoms with Crippen LogP contribution in [0.3, 0.4) is 0 Å². The first-order valence-electron chi connectivity index (χ1n) is 13.5. The molecular formula is C33H30F3NO4. The zero-order valence-corrected chi connectivity index (χ0v) is 22.7. The quantitative estimate of drug-likeness (QED) is 0.209. The van der Waals surface area contributed by atoms with Crippen molar-refractivity contribution >= 4 is 12.0 Å². The van der Waals surface area contributed by atoms with Gasteiger partial charge in [-0.2, -0.15) is 13.2 Å². The number of halogens is 3. The number of carbonyl (C=O) groups excluding carboxylic acids is 1. The summed E-state index contributed by atoms with van der Waals surface area (Å²) in [4.78, 5) is 12.4. The van der Waals surface area contributed by atoms with Crippen molar-refractivity contribution in [2.24, 2.45) is 0 Å². The summed E-state index contributed by atoms with van der Waals surface area (Å²) in [6.07, 6.45) is -0.420. The van der Waals surface area contributed by atoms with E-state index in [1.54, 1.807) is 25.1 Å². The number of ether oxygens (including phenoxy) is 1. The first-order valence-corrected chi connectivity index (χ1v) is 13.5. The van der Waals surface area contributed by atoms with E-state index in [1.165, 1.54) is 6.07 Å². The van der Waals surface area contributed by atoms with Crippen molar-refractivity contribution in [1.82, 2.24) is 5.16 Å². The summed E-state index contributed by atoms with van der Waals surface area (Å²) in [7, 11) is 0. The largest absolute Gasteiger partial charge is 0.465 e. The smallest absolute Gasteiger partial charge is 0.416 e. The van der Waals surface area contributed by atoms with Crippen LogP contribution in [0.15, 0.2) is 83.4 Å². The van der Waals surface area contributed by atoms with Gasteiger partial charge in [-0.3, -0.25) is 4.79 Å². The number of aromatic nitrogens is 1. The van der Waals surface area contributed by atoms with Gasteiger partial charge in [0, 0.05) is 5.56 Å². The van der Waals surface area contributed by atoms with E-state index in [-0.39, 0.29) is 12.4 Å². The van der Waals surface area contributed by atoms with E-state index in [0.29, 0.717) is 29.2 Å². The highest BCUT2D eigenvalue weighted by atomic mass is 19.4. The number of aliphatic hydroxyl groups is 1. The van der Waals surface area contributed by atoms with Crippen LogP contribution in [0.5, 0.6) is 0 Å². The maximum atomic E-state index is 13.0. The molecule has 1 fully saturated rings. The van der Waals surface area contributed by atoms with Gasteiger partial charge in [0.05, 0.1) is 34.9 Å². The van der Waals surface area contributed by atoms with Gasteiger partial charge in [-0.15, -0.1) is 0 Å². The summed E-state index contributed by atoms with van der Waals surface area (Å²) in [5.74, 6) is 0.276. The molecular weight excluding hydrogens is 531 g/mol. The van der Waals surface area contributed by atoms with Crippen molar-refractivity contribution in [2.45, 2.75) is 50.8 Å². The number of aliphatic hydroxyl groups excluding tert-OH is 1. The lowest BCUT2D eigenvalue weighted by Gasteiger charge is -2.15. The summed E-state index contributed by atoms with van der Waals surface area (Å²) < 4.78 is 49.8. The van der Waals surface area contributed by atoms with Gasteiger partial charge in [0.15, 0.2) is 5.76 Å². The Bertz CT molecular complexity index is 1550. The molecule has 212 valence electrons. The van der Waals surface area contributed by atoms with E-state index in [0.717, 1.165) is 47.2 Å². The summed E-state index contributed by atoms with van der Waals surface area (Å²) in [5.41, 5.74) is 3.90. The standard InChI is InChI=1S/C33H30F3NO4/c1-3-40-31(39)32(18-19-32)26-16-14-24(15-17-26)23-10-12-25(13-11-23)30-29(21(2)37-41-30)28(38)9-5-7-22-6-4-8-27(20-22)33(34,35)36/h4-8,10-17,20,28,38H,3,9,18-19H2,1-2H3. The van der Waals surface area contributed by atoms with Crippen molar-refractivity contribution in [3.63, 3.8) is 0 Å². The van der Waals surface area contributed by atoms with E-state index in [4.69, 9.17) is 9.26 Å². The highest BCUT2D eigenvalue weighted by Gasteiger charge is 2.52. The SMILES string of the molecule is CCOC(=O)C1(c2ccc(-c3ccc(-c4onc(C)c4C(O)CC=Cc4cccc(C(F)(F)F)c4)cc3)cc2)CC1. The highest BCUT2D eigenvalue weighted by molar-refractivity contribution is 5.87. The lowest BCUT2D eigenvalue weighted by molar-refractivity contribution is -0.146. The summed E-state index contributed by atoms with van der Waals surface area (Å²) in [6, 6.07) is 20.6. The topological polar surface area (TPSA) is 72.6 Å². The Kier molecular flexibility index (Phi) is 7.87. The van der Waals surface area contributed by atoms with Crippen LogP contribution in [0.2, 0.25) is 0 Å². The van der Waals surface area contributed by atoms with Gasteiger partial charge in [-0.1, -0.05) is 78.0 Å². The molecule has 1 aromatic heterocycles. The number of aryl methyl sites for hydroxylation is 1. The predicted octanol–water partition coefficient (Wildman–Crippen LogP) is 8.07. The number of hydrogen-bond acceptors (Lipinski definition) is 5. The van der Waals surface area contributed by atoms with Gasteiger partial charge >= 0.3 is 12.1 Å². The van der Waals surface area contributed by atoms with Gasteiger partial charge in [-0.25, -0.2) is 0 Å². The second kappa shape index (κ2) is 11.4. The number of esters is 1. The fourth-order valence-corrected chi connectivity index (χ4v) is 5.05. The van der Waals surface area contributed by atoms with Crippen molar-refractivity contribution in [1.29, 1.82) is 0 Å². The zero-order chi connectivity index (χ0) is 29.2. The van der Waals surface area contributed by atoms with Gasteiger partial charge in [0.25, 0.3) is 0 Å². The van der Waals surface area contributed by atoms with E-state index < -0.39 is 23.3 Å². The van der Waals surface area contributed by atoms with Crippen LogP contribution in [0.1, 0.15) is 60.2 Å². The molecule has 0 amide bonds. The molecule has 3 aromatic carbocycles. The molecule has 5 rings (SSSR count). The Morgan fingerprint density at radius 3 is 2.29 bits per heavy atom. The second-order valence-electron chi connectivity index (χ2n) is 10.2. The van der Waals surface area contributed by atoms with Crippen LogP contribution in [0.25, 0.3) is 28.5 Å². The Morgan fingerprint density at radius 1 is 1.05 bits per heavy atom. The minimum absolute atomic E-state index is 0.163. The average molecular weight is 562 g/mol. The van der Waals surface area contributed by atoms with Crippen molar-refractivity contribution in [3.05, 3.63) is 107 Å². The first kappa shape index (κ1) is 28.4. The first-order chi connectivity index (χ1) is 19.6. The fourth-order valence-electron chi connectivity index (χ4n) is 5.05. The Hall–Kier alpha value is -4.17. The third-order valence-corrected chi connectivity index (χ3v) is 7.46. The molecule has 1 aliphatic carbocycles. The van der Waals surface area contributed by atoms with Crippen LogP contribution in [0.4, 0.5) is 13.2 Å². The predicted molar refractivity (Wildman–Crippen MR) is 150 cm³/mol. The maximum absolute atomic E-state index is 13.0. The lowest BCUT2D eigenvalue weighted by Crippen LogP contribution is -2.23. The molecule has 8 heteroatoms. The molecule has 1 aliphatic rings. The van der Waals surface area contributed by atoms with Crippen molar-refractivity contribution in [3.8, 4) is 22.5 Å². The molecule has 0 radical (unpaired) electrons. The molecule has 5 nitrogen and oxygen atoms in total. The van der Waals surface area contributed by atoms with E-state index in [9.17, 15) is 23.1 Å². The summed E-state index contributed by atoms with van der Waals surface area (Å²) >= 11 is 0. The molecule has 0 aliphatic heterocycles. The molecule has 1 heterocycles.